The molecule has 3 amide bonds. The van der Waals surface area contributed by atoms with Crippen molar-refractivity contribution in [3.63, 3.8) is 0 Å². The number of urea groups is 1. The fraction of sp³-hybridized carbons (Fsp3) is 0.250. The molecule has 29 heavy (non-hydrogen) atoms. The van der Waals surface area contributed by atoms with Crippen LogP contribution < -0.4 is 25.5 Å². The lowest BCUT2D eigenvalue weighted by molar-refractivity contribution is -0.133. The number of benzene rings is 2. The average Bonchev–Trinajstić information content (AvgIpc) is 3.31. The number of thiocarbonyl (C=S) groups is 1. The Bertz CT molecular complexity index is 968. The second-order valence-electron chi connectivity index (χ2n) is 6.68. The summed E-state index contributed by atoms with van der Waals surface area (Å²) in [6.45, 7) is 2.45. The quantitative estimate of drug-likeness (QED) is 0.512. The molecule has 9 heteroatoms. The summed E-state index contributed by atoms with van der Waals surface area (Å²) >= 11 is 5.27. The molecule has 2 heterocycles. The van der Waals surface area contributed by atoms with Crippen LogP contribution in [0.2, 0.25) is 0 Å². The minimum Gasteiger partial charge on any atom is -0.454 e. The zero-order valence-corrected chi connectivity index (χ0v) is 16.5. The molecule has 0 aromatic heterocycles. The summed E-state index contributed by atoms with van der Waals surface area (Å²) in [5.41, 5.74) is 3.23. The Labute approximate surface area is 173 Å². The first-order valence-electron chi connectivity index (χ1n) is 9.19. The van der Waals surface area contributed by atoms with E-state index in [4.69, 9.17) is 21.7 Å². The number of hydrogen-bond donors (Lipinski definition) is 3. The van der Waals surface area contributed by atoms with Crippen LogP contribution in [0.25, 0.3) is 0 Å². The zero-order valence-electron chi connectivity index (χ0n) is 15.7. The number of hydrazine groups is 1. The van der Waals surface area contributed by atoms with Gasteiger partial charge in [-0.25, -0.2) is 4.79 Å². The van der Waals surface area contributed by atoms with Crippen molar-refractivity contribution in [3.8, 4) is 11.5 Å². The molecule has 0 radical (unpaired) electrons. The standard InChI is InChI=1S/C20H20N4O4S/c1-2-20(14-6-4-3-5-7-14)17(25)24(19(26)22-20)23-18(29)21-11-13-8-9-15-16(10-13)28-12-27-15/h3-10H,2,11-12H2,1H3,(H,22,26)(H2,21,23,29)/t20-/m0/s1. The Morgan fingerprint density at radius 2 is 1.93 bits per heavy atom. The second-order valence-corrected chi connectivity index (χ2v) is 7.09. The molecular formula is C20H20N4O4S. The molecular weight excluding hydrogens is 392 g/mol. The Morgan fingerprint density at radius 1 is 1.17 bits per heavy atom. The molecule has 150 valence electrons. The highest BCUT2D eigenvalue weighted by Gasteiger charge is 2.51. The normalized spacial score (nSPS) is 19.8. The van der Waals surface area contributed by atoms with E-state index >= 15 is 0 Å². The van der Waals surface area contributed by atoms with Crippen molar-refractivity contribution >= 4 is 29.3 Å². The third kappa shape index (κ3) is 3.44. The van der Waals surface area contributed by atoms with Crippen LogP contribution >= 0.6 is 12.2 Å². The molecule has 3 N–H and O–H groups in total. The van der Waals surface area contributed by atoms with Gasteiger partial charge in [0.05, 0.1) is 0 Å². The van der Waals surface area contributed by atoms with Crippen LogP contribution in [0, 0.1) is 0 Å². The summed E-state index contributed by atoms with van der Waals surface area (Å²) in [4.78, 5) is 25.6. The topological polar surface area (TPSA) is 91.9 Å². The predicted octanol–water partition coefficient (Wildman–Crippen LogP) is 2.15. The van der Waals surface area contributed by atoms with Crippen LogP contribution in [0.4, 0.5) is 4.79 Å². The number of imide groups is 1. The first-order chi connectivity index (χ1) is 14.0. The minimum atomic E-state index is -1.11. The summed E-state index contributed by atoms with van der Waals surface area (Å²) in [6.07, 6.45) is 0.414. The summed E-state index contributed by atoms with van der Waals surface area (Å²) in [5, 5.41) is 6.87. The van der Waals surface area contributed by atoms with Gasteiger partial charge in [0.2, 0.25) is 6.79 Å². The van der Waals surface area contributed by atoms with Gasteiger partial charge in [0.1, 0.15) is 5.54 Å². The van der Waals surface area contributed by atoms with Crippen molar-refractivity contribution in [2.24, 2.45) is 0 Å². The first-order valence-corrected chi connectivity index (χ1v) is 9.59. The van der Waals surface area contributed by atoms with Crippen molar-refractivity contribution in [2.45, 2.75) is 25.4 Å². The van der Waals surface area contributed by atoms with Gasteiger partial charge in [-0.05, 0) is 41.9 Å². The van der Waals surface area contributed by atoms with Crippen LogP contribution in [0.3, 0.4) is 0 Å². The lowest BCUT2D eigenvalue weighted by Crippen LogP contribution is -2.51. The number of ether oxygens (including phenoxy) is 2. The molecule has 2 aliphatic rings. The van der Waals surface area contributed by atoms with Crippen LogP contribution in [-0.4, -0.2) is 28.9 Å². The molecule has 8 nitrogen and oxygen atoms in total. The van der Waals surface area contributed by atoms with Crippen LogP contribution in [0.15, 0.2) is 48.5 Å². The smallest absolute Gasteiger partial charge is 0.344 e. The number of amides is 3. The van der Waals surface area contributed by atoms with Gasteiger partial charge in [-0.1, -0.05) is 43.3 Å². The summed E-state index contributed by atoms with van der Waals surface area (Å²) in [6, 6.07) is 14.2. The molecule has 0 aliphatic carbocycles. The predicted molar refractivity (Wildman–Crippen MR) is 109 cm³/mol. The van der Waals surface area contributed by atoms with Gasteiger partial charge in [-0.15, -0.1) is 0 Å². The number of rotatable bonds is 5. The number of nitrogens with one attached hydrogen (secondary N) is 3. The summed E-state index contributed by atoms with van der Waals surface area (Å²) in [5.74, 6) is 0.974. The Balaban J connectivity index is 1.41. The Kier molecular flexibility index (Phi) is 4.98. The average molecular weight is 412 g/mol. The molecule has 1 saturated heterocycles. The van der Waals surface area contributed by atoms with E-state index in [1.165, 1.54) is 0 Å². The first kappa shape index (κ1) is 19.0. The van der Waals surface area contributed by atoms with Crippen molar-refractivity contribution in [2.75, 3.05) is 6.79 Å². The number of fused-ring (bicyclic) bond motifs is 1. The zero-order chi connectivity index (χ0) is 20.4. The molecule has 0 saturated carbocycles. The summed E-state index contributed by atoms with van der Waals surface area (Å²) < 4.78 is 10.6. The number of nitrogens with zero attached hydrogens (tertiary/aromatic N) is 1. The number of hydrogen-bond acceptors (Lipinski definition) is 5. The monoisotopic (exact) mass is 412 g/mol. The minimum absolute atomic E-state index is 0.158. The third-order valence-electron chi connectivity index (χ3n) is 4.99. The number of carbonyl (C=O) groups excluding carboxylic acids is 2. The molecule has 4 rings (SSSR count). The lowest BCUT2D eigenvalue weighted by Gasteiger charge is -2.25. The molecule has 0 spiro atoms. The van der Waals surface area contributed by atoms with E-state index in [2.05, 4.69) is 16.1 Å². The maximum absolute atomic E-state index is 13.1. The van der Waals surface area contributed by atoms with Crippen molar-refractivity contribution in [1.82, 2.24) is 21.1 Å². The van der Waals surface area contributed by atoms with Gasteiger partial charge in [0, 0.05) is 6.54 Å². The van der Waals surface area contributed by atoms with Gasteiger partial charge in [0.15, 0.2) is 16.6 Å². The van der Waals surface area contributed by atoms with E-state index in [1.54, 1.807) is 0 Å². The van der Waals surface area contributed by atoms with Crippen molar-refractivity contribution in [1.29, 1.82) is 0 Å². The van der Waals surface area contributed by atoms with Gasteiger partial charge in [0.25, 0.3) is 5.91 Å². The fourth-order valence-corrected chi connectivity index (χ4v) is 3.58. The molecule has 2 aromatic rings. The maximum atomic E-state index is 13.1. The second kappa shape index (κ2) is 7.59. The lowest BCUT2D eigenvalue weighted by atomic mass is 9.87. The third-order valence-corrected chi connectivity index (χ3v) is 5.23. The van der Waals surface area contributed by atoms with Crippen molar-refractivity contribution in [3.05, 3.63) is 59.7 Å². The van der Waals surface area contributed by atoms with E-state index in [-0.39, 0.29) is 11.9 Å². The maximum Gasteiger partial charge on any atom is 0.344 e. The van der Waals surface area contributed by atoms with E-state index in [0.717, 1.165) is 16.1 Å². The van der Waals surface area contributed by atoms with E-state index in [9.17, 15) is 9.59 Å². The highest BCUT2D eigenvalue weighted by atomic mass is 32.1. The summed E-state index contributed by atoms with van der Waals surface area (Å²) in [7, 11) is 0. The van der Waals surface area contributed by atoms with E-state index in [0.29, 0.717) is 24.5 Å². The molecule has 1 atom stereocenters. The van der Waals surface area contributed by atoms with Gasteiger partial charge in [-0.2, -0.15) is 5.01 Å². The highest BCUT2D eigenvalue weighted by Crippen LogP contribution is 2.33. The van der Waals surface area contributed by atoms with Gasteiger partial charge in [-0.3, -0.25) is 10.2 Å². The highest BCUT2D eigenvalue weighted by molar-refractivity contribution is 7.80. The fourth-order valence-electron chi connectivity index (χ4n) is 3.41. The molecule has 1 fully saturated rings. The van der Waals surface area contributed by atoms with E-state index < -0.39 is 17.5 Å². The Hall–Kier alpha value is -3.33. The van der Waals surface area contributed by atoms with E-state index in [1.807, 2.05) is 55.5 Å². The molecule has 2 aliphatic heterocycles. The van der Waals surface area contributed by atoms with Crippen LogP contribution in [0.5, 0.6) is 11.5 Å². The molecule has 0 unspecified atom stereocenters. The van der Waals surface area contributed by atoms with Crippen molar-refractivity contribution < 1.29 is 19.1 Å². The molecule has 0 bridgehead atoms. The van der Waals surface area contributed by atoms with Crippen LogP contribution in [-0.2, 0) is 16.9 Å². The number of carbonyl (C=O) groups is 2. The van der Waals surface area contributed by atoms with Gasteiger partial charge < -0.3 is 20.1 Å². The Morgan fingerprint density at radius 3 is 2.69 bits per heavy atom. The van der Waals surface area contributed by atoms with Crippen LogP contribution in [0.1, 0.15) is 24.5 Å². The molecule has 2 aromatic carbocycles. The largest absolute Gasteiger partial charge is 0.454 e. The van der Waals surface area contributed by atoms with Gasteiger partial charge >= 0.3 is 6.03 Å². The SMILES string of the molecule is CC[C@@]1(c2ccccc2)NC(=O)N(NC(=S)NCc2ccc3c(c2)OCO3)C1=O.